The number of para-hydroxylation sites is 1. The normalized spacial score (nSPS) is 13.2. The van der Waals surface area contributed by atoms with Crippen LogP contribution in [0.5, 0.6) is 0 Å². The first-order valence-electron chi connectivity index (χ1n) is 5.20. The summed E-state index contributed by atoms with van der Waals surface area (Å²) in [6, 6.07) is 8.29. The Balaban J connectivity index is 2.09. The Bertz CT molecular complexity index is 405. The van der Waals surface area contributed by atoms with E-state index in [1.54, 1.807) is 11.3 Å². The molecule has 0 fully saturated rings. The molecule has 2 rings (SSSR count). The fraction of sp³-hybridized carbons (Fsp3) is 0.417. The smallest absolute Gasteiger partial charge is 0.0938 e. The summed E-state index contributed by atoms with van der Waals surface area (Å²) >= 11 is 7.58. The lowest BCUT2D eigenvalue weighted by atomic mass is 10.1. The van der Waals surface area contributed by atoms with Gasteiger partial charge in [0.1, 0.15) is 0 Å². The van der Waals surface area contributed by atoms with E-state index in [0.717, 1.165) is 24.2 Å². The van der Waals surface area contributed by atoms with Crippen LogP contribution in [0.15, 0.2) is 24.3 Å². The van der Waals surface area contributed by atoms with Crippen LogP contribution in [0.3, 0.4) is 0 Å². The van der Waals surface area contributed by atoms with Gasteiger partial charge in [-0.2, -0.15) is 0 Å². The van der Waals surface area contributed by atoms with Crippen LogP contribution < -0.4 is 0 Å². The highest BCUT2D eigenvalue weighted by molar-refractivity contribution is 7.18. The van der Waals surface area contributed by atoms with Gasteiger partial charge in [0, 0.05) is 5.88 Å². The maximum Gasteiger partial charge on any atom is 0.0938 e. The van der Waals surface area contributed by atoms with E-state index in [2.05, 4.69) is 30.1 Å². The zero-order valence-electron chi connectivity index (χ0n) is 8.74. The van der Waals surface area contributed by atoms with Gasteiger partial charge in [-0.25, -0.2) is 4.98 Å². The number of alkyl halides is 1. The number of aromatic nitrogens is 1. The van der Waals surface area contributed by atoms with Crippen molar-refractivity contribution >= 4 is 33.2 Å². The molecule has 2 aromatic rings. The molecular formula is C12H14ClNS. The lowest BCUT2D eigenvalue weighted by molar-refractivity contribution is 0.592. The predicted octanol–water partition coefficient (Wildman–Crippen LogP) is 4.10. The molecule has 1 aromatic heterocycles. The average molecular weight is 240 g/mol. The fourth-order valence-electron chi connectivity index (χ4n) is 1.47. The number of rotatable bonds is 4. The highest BCUT2D eigenvalue weighted by atomic mass is 35.5. The van der Waals surface area contributed by atoms with Crippen molar-refractivity contribution in [3.05, 3.63) is 29.3 Å². The zero-order valence-corrected chi connectivity index (χ0v) is 10.3. The van der Waals surface area contributed by atoms with Crippen molar-refractivity contribution in [2.45, 2.75) is 19.8 Å². The third kappa shape index (κ3) is 2.70. The molecule has 0 radical (unpaired) electrons. The van der Waals surface area contributed by atoms with Crippen LogP contribution in [-0.2, 0) is 6.42 Å². The molecule has 0 spiro atoms. The molecule has 0 aliphatic rings. The van der Waals surface area contributed by atoms with Crippen LogP contribution in [0.25, 0.3) is 10.2 Å². The quantitative estimate of drug-likeness (QED) is 0.732. The van der Waals surface area contributed by atoms with E-state index in [9.17, 15) is 0 Å². The molecule has 0 aliphatic carbocycles. The largest absolute Gasteiger partial charge is 0.241 e. The maximum atomic E-state index is 5.78. The summed E-state index contributed by atoms with van der Waals surface area (Å²) < 4.78 is 1.28. The lowest BCUT2D eigenvalue weighted by Crippen LogP contribution is -1.97. The second-order valence-electron chi connectivity index (χ2n) is 3.87. The van der Waals surface area contributed by atoms with Crippen molar-refractivity contribution in [3.8, 4) is 0 Å². The van der Waals surface area contributed by atoms with E-state index < -0.39 is 0 Å². The van der Waals surface area contributed by atoms with Gasteiger partial charge in [-0.3, -0.25) is 0 Å². The van der Waals surface area contributed by atoms with Crippen LogP contribution in [0.2, 0.25) is 0 Å². The lowest BCUT2D eigenvalue weighted by Gasteiger charge is -2.03. The summed E-state index contributed by atoms with van der Waals surface area (Å²) in [6.45, 7) is 2.18. The van der Waals surface area contributed by atoms with Gasteiger partial charge in [0.15, 0.2) is 0 Å². The fourth-order valence-corrected chi connectivity index (χ4v) is 2.61. The molecule has 0 N–H and O–H groups in total. The topological polar surface area (TPSA) is 12.9 Å². The Kier molecular flexibility index (Phi) is 3.60. The molecule has 1 unspecified atom stereocenters. The van der Waals surface area contributed by atoms with Crippen molar-refractivity contribution in [2.75, 3.05) is 5.88 Å². The van der Waals surface area contributed by atoms with Gasteiger partial charge in [-0.05, 0) is 30.9 Å². The standard InChI is InChI=1S/C12H14ClNS/c1-9(8-13)6-7-12-14-10-4-2-3-5-11(10)15-12/h2-5,9H,6-8H2,1H3. The summed E-state index contributed by atoms with van der Waals surface area (Å²) in [5, 5.41) is 1.23. The number of fused-ring (bicyclic) bond motifs is 1. The molecule has 1 nitrogen and oxygen atoms in total. The van der Waals surface area contributed by atoms with Crippen molar-refractivity contribution in [3.63, 3.8) is 0 Å². The molecule has 1 atom stereocenters. The molecule has 0 aliphatic heterocycles. The van der Waals surface area contributed by atoms with Gasteiger partial charge in [0.2, 0.25) is 0 Å². The minimum absolute atomic E-state index is 0.582. The van der Waals surface area contributed by atoms with Gasteiger partial charge < -0.3 is 0 Å². The van der Waals surface area contributed by atoms with Crippen LogP contribution in [0, 0.1) is 5.92 Å². The molecule has 0 saturated carbocycles. The molecular weight excluding hydrogens is 226 g/mol. The number of halogens is 1. The van der Waals surface area contributed by atoms with Gasteiger partial charge in [-0.15, -0.1) is 22.9 Å². The van der Waals surface area contributed by atoms with E-state index >= 15 is 0 Å². The van der Waals surface area contributed by atoms with Crippen LogP contribution in [0.1, 0.15) is 18.4 Å². The maximum absolute atomic E-state index is 5.78. The minimum Gasteiger partial charge on any atom is -0.241 e. The highest BCUT2D eigenvalue weighted by Gasteiger charge is 2.05. The Morgan fingerprint density at radius 1 is 1.40 bits per heavy atom. The van der Waals surface area contributed by atoms with E-state index in [0.29, 0.717) is 5.92 Å². The second-order valence-corrected chi connectivity index (χ2v) is 5.30. The summed E-state index contributed by atoms with van der Waals surface area (Å²) in [5.41, 5.74) is 1.12. The molecule has 1 heterocycles. The number of benzene rings is 1. The Morgan fingerprint density at radius 2 is 2.20 bits per heavy atom. The van der Waals surface area contributed by atoms with E-state index in [1.165, 1.54) is 9.71 Å². The summed E-state index contributed by atoms with van der Waals surface area (Å²) in [6.07, 6.45) is 2.18. The van der Waals surface area contributed by atoms with Gasteiger partial charge in [-0.1, -0.05) is 19.1 Å². The Morgan fingerprint density at radius 3 is 2.93 bits per heavy atom. The number of hydrogen-bond acceptors (Lipinski definition) is 2. The molecule has 80 valence electrons. The summed E-state index contributed by atoms with van der Waals surface area (Å²) in [4.78, 5) is 4.59. The van der Waals surface area contributed by atoms with Crippen LogP contribution >= 0.6 is 22.9 Å². The Hall–Kier alpha value is -0.600. The van der Waals surface area contributed by atoms with E-state index in [-0.39, 0.29) is 0 Å². The number of thiazole rings is 1. The first-order valence-corrected chi connectivity index (χ1v) is 6.55. The second kappa shape index (κ2) is 4.95. The minimum atomic E-state index is 0.582. The molecule has 15 heavy (non-hydrogen) atoms. The number of hydrogen-bond donors (Lipinski definition) is 0. The van der Waals surface area contributed by atoms with Gasteiger partial charge in [0.25, 0.3) is 0 Å². The summed E-state index contributed by atoms with van der Waals surface area (Å²) in [5.74, 6) is 1.32. The van der Waals surface area contributed by atoms with Gasteiger partial charge >= 0.3 is 0 Å². The van der Waals surface area contributed by atoms with Crippen LogP contribution in [-0.4, -0.2) is 10.9 Å². The monoisotopic (exact) mass is 239 g/mol. The first-order chi connectivity index (χ1) is 7.29. The van der Waals surface area contributed by atoms with Crippen molar-refractivity contribution < 1.29 is 0 Å². The zero-order chi connectivity index (χ0) is 10.7. The number of nitrogens with zero attached hydrogens (tertiary/aromatic N) is 1. The van der Waals surface area contributed by atoms with Crippen molar-refractivity contribution in [1.29, 1.82) is 0 Å². The Labute approximate surface area is 99.1 Å². The molecule has 1 aromatic carbocycles. The average Bonchev–Trinajstić information content (AvgIpc) is 2.68. The van der Waals surface area contributed by atoms with Crippen molar-refractivity contribution in [2.24, 2.45) is 5.92 Å². The summed E-state index contributed by atoms with van der Waals surface area (Å²) in [7, 11) is 0. The number of aryl methyl sites for hydroxylation is 1. The third-order valence-electron chi connectivity index (χ3n) is 2.45. The SMILES string of the molecule is CC(CCl)CCc1nc2ccccc2s1. The van der Waals surface area contributed by atoms with E-state index in [4.69, 9.17) is 11.6 Å². The molecule has 3 heteroatoms. The molecule has 0 bridgehead atoms. The molecule has 0 amide bonds. The van der Waals surface area contributed by atoms with Gasteiger partial charge in [0.05, 0.1) is 15.2 Å². The van der Waals surface area contributed by atoms with Crippen LogP contribution in [0.4, 0.5) is 0 Å². The third-order valence-corrected chi connectivity index (χ3v) is 4.08. The molecule has 0 saturated heterocycles. The first kappa shape index (κ1) is 10.9. The predicted molar refractivity (Wildman–Crippen MR) is 67.8 cm³/mol. The van der Waals surface area contributed by atoms with Crippen molar-refractivity contribution in [1.82, 2.24) is 4.98 Å². The van der Waals surface area contributed by atoms with E-state index in [1.807, 2.05) is 6.07 Å². The highest BCUT2D eigenvalue weighted by Crippen LogP contribution is 2.23.